The summed E-state index contributed by atoms with van der Waals surface area (Å²) in [6.07, 6.45) is 4.76. The van der Waals surface area contributed by atoms with E-state index in [1.807, 2.05) is 18.3 Å². The van der Waals surface area contributed by atoms with Crippen LogP contribution in [0.1, 0.15) is 41.3 Å². The standard InChI is InChI=1S/C19H24N2O3S/c1-14(2)18(17-5-4-10-20-11-17)12-21-19(22)16-8-6-15(7-9-16)13-25(3,23)24/h4-11,14,18H,12-13H2,1-3H3,(H,21,22)/t18-/m0/s1. The Morgan fingerprint density at radius 1 is 1.16 bits per heavy atom. The fourth-order valence-electron chi connectivity index (χ4n) is 2.69. The molecule has 1 amide bonds. The lowest BCUT2D eigenvalue weighted by atomic mass is 9.89. The number of nitrogens with zero attached hydrogens (tertiary/aromatic N) is 1. The maximum atomic E-state index is 12.4. The molecule has 0 fully saturated rings. The maximum absolute atomic E-state index is 12.4. The van der Waals surface area contributed by atoms with Crippen LogP contribution >= 0.6 is 0 Å². The summed E-state index contributed by atoms with van der Waals surface area (Å²) in [5.74, 6) is 0.356. The minimum absolute atomic E-state index is 0.0225. The van der Waals surface area contributed by atoms with E-state index in [1.54, 1.807) is 30.5 Å². The minimum atomic E-state index is -3.08. The van der Waals surface area contributed by atoms with Gasteiger partial charge in [0.15, 0.2) is 9.84 Å². The Hall–Kier alpha value is -2.21. The minimum Gasteiger partial charge on any atom is -0.351 e. The molecule has 0 unspecified atom stereocenters. The summed E-state index contributed by atoms with van der Waals surface area (Å²) in [5, 5.41) is 2.96. The number of nitrogens with one attached hydrogen (secondary N) is 1. The van der Waals surface area contributed by atoms with Gasteiger partial charge in [-0.2, -0.15) is 0 Å². The van der Waals surface area contributed by atoms with Crippen LogP contribution in [0.3, 0.4) is 0 Å². The largest absolute Gasteiger partial charge is 0.351 e. The van der Waals surface area contributed by atoms with Gasteiger partial charge < -0.3 is 5.32 Å². The second kappa shape index (κ2) is 8.25. The van der Waals surface area contributed by atoms with E-state index >= 15 is 0 Å². The highest BCUT2D eigenvalue weighted by molar-refractivity contribution is 7.89. The second-order valence-electron chi connectivity index (χ2n) is 6.61. The lowest BCUT2D eigenvalue weighted by Gasteiger charge is -2.21. The van der Waals surface area contributed by atoms with Gasteiger partial charge in [-0.3, -0.25) is 9.78 Å². The first-order chi connectivity index (χ1) is 11.8. The third kappa shape index (κ3) is 5.98. The summed E-state index contributed by atoms with van der Waals surface area (Å²) >= 11 is 0. The number of amides is 1. The molecule has 0 aliphatic rings. The van der Waals surface area contributed by atoms with Crippen molar-refractivity contribution in [2.75, 3.05) is 12.8 Å². The average Bonchev–Trinajstić information content (AvgIpc) is 2.54. The van der Waals surface area contributed by atoms with Crippen LogP contribution in [0.15, 0.2) is 48.8 Å². The van der Waals surface area contributed by atoms with Crippen LogP contribution in [0.4, 0.5) is 0 Å². The van der Waals surface area contributed by atoms with Crippen LogP contribution in [0.25, 0.3) is 0 Å². The normalized spacial score (nSPS) is 12.8. The highest BCUT2D eigenvalue weighted by atomic mass is 32.2. The first kappa shape index (κ1) is 19.1. The number of carbonyl (C=O) groups excluding carboxylic acids is 1. The Balaban J connectivity index is 2.01. The molecule has 6 heteroatoms. The van der Waals surface area contributed by atoms with Gasteiger partial charge in [0.25, 0.3) is 5.91 Å². The zero-order chi connectivity index (χ0) is 18.4. The Morgan fingerprint density at radius 3 is 2.36 bits per heavy atom. The molecule has 134 valence electrons. The lowest BCUT2D eigenvalue weighted by molar-refractivity contribution is 0.0949. The quantitative estimate of drug-likeness (QED) is 0.824. The first-order valence-corrected chi connectivity index (χ1v) is 10.3. The van der Waals surface area contributed by atoms with E-state index in [1.165, 1.54) is 6.26 Å². The predicted molar refractivity (Wildman–Crippen MR) is 99.1 cm³/mol. The van der Waals surface area contributed by atoms with Crippen molar-refractivity contribution < 1.29 is 13.2 Å². The molecule has 25 heavy (non-hydrogen) atoms. The molecule has 0 bridgehead atoms. The van der Waals surface area contributed by atoms with E-state index in [2.05, 4.69) is 24.1 Å². The van der Waals surface area contributed by atoms with Crippen molar-refractivity contribution in [1.82, 2.24) is 10.3 Å². The Morgan fingerprint density at radius 2 is 1.84 bits per heavy atom. The fourth-order valence-corrected chi connectivity index (χ4v) is 3.49. The third-order valence-electron chi connectivity index (χ3n) is 4.04. The van der Waals surface area contributed by atoms with Crippen LogP contribution in [0.5, 0.6) is 0 Å². The molecule has 1 N–H and O–H groups in total. The summed E-state index contributed by atoms with van der Waals surface area (Å²) in [6.45, 7) is 4.75. The molecule has 0 spiro atoms. The topological polar surface area (TPSA) is 76.1 Å². The van der Waals surface area contributed by atoms with Crippen molar-refractivity contribution >= 4 is 15.7 Å². The highest BCUT2D eigenvalue weighted by Crippen LogP contribution is 2.22. The Kier molecular flexibility index (Phi) is 6.31. The molecular formula is C19H24N2O3S. The third-order valence-corrected chi connectivity index (χ3v) is 4.90. The van der Waals surface area contributed by atoms with Crippen LogP contribution in [0.2, 0.25) is 0 Å². The van der Waals surface area contributed by atoms with E-state index in [0.29, 0.717) is 23.6 Å². The monoisotopic (exact) mass is 360 g/mol. The van der Waals surface area contributed by atoms with Crippen molar-refractivity contribution in [3.63, 3.8) is 0 Å². The van der Waals surface area contributed by atoms with Gasteiger partial charge in [-0.15, -0.1) is 0 Å². The van der Waals surface area contributed by atoms with Gasteiger partial charge in [0.2, 0.25) is 0 Å². The summed E-state index contributed by atoms with van der Waals surface area (Å²) in [5.41, 5.74) is 2.29. The van der Waals surface area contributed by atoms with E-state index in [0.717, 1.165) is 5.56 Å². The summed E-state index contributed by atoms with van der Waals surface area (Å²) in [6, 6.07) is 10.6. The number of aromatic nitrogens is 1. The van der Waals surface area contributed by atoms with Gasteiger partial charge in [-0.05, 0) is 35.2 Å². The number of sulfone groups is 1. The Bertz CT molecular complexity index is 800. The van der Waals surface area contributed by atoms with Crippen LogP contribution in [-0.4, -0.2) is 32.1 Å². The van der Waals surface area contributed by atoms with Crippen molar-refractivity contribution in [1.29, 1.82) is 0 Å². The fraction of sp³-hybridized carbons (Fsp3) is 0.368. The van der Waals surface area contributed by atoms with E-state index in [-0.39, 0.29) is 17.6 Å². The Labute approximate surface area is 149 Å². The van der Waals surface area contributed by atoms with Crippen LogP contribution < -0.4 is 5.32 Å². The molecule has 0 radical (unpaired) electrons. The zero-order valence-electron chi connectivity index (χ0n) is 14.8. The van der Waals surface area contributed by atoms with Crippen molar-refractivity contribution in [2.24, 2.45) is 5.92 Å². The van der Waals surface area contributed by atoms with Gasteiger partial charge in [-0.25, -0.2) is 8.42 Å². The SMILES string of the molecule is CC(C)[C@H](CNC(=O)c1ccc(CS(C)(=O)=O)cc1)c1cccnc1. The molecule has 0 aliphatic carbocycles. The number of benzene rings is 1. The molecular weight excluding hydrogens is 336 g/mol. The molecule has 2 rings (SSSR count). The lowest BCUT2D eigenvalue weighted by Crippen LogP contribution is -2.30. The molecule has 0 aliphatic heterocycles. The molecule has 2 aromatic rings. The summed E-state index contributed by atoms with van der Waals surface area (Å²) in [7, 11) is -3.08. The summed E-state index contributed by atoms with van der Waals surface area (Å²) in [4.78, 5) is 16.5. The van der Waals surface area contributed by atoms with Crippen molar-refractivity contribution in [2.45, 2.75) is 25.5 Å². The number of rotatable bonds is 7. The van der Waals surface area contributed by atoms with Gasteiger partial charge in [-0.1, -0.05) is 32.0 Å². The second-order valence-corrected chi connectivity index (χ2v) is 8.75. The predicted octanol–water partition coefficient (Wildman–Crippen LogP) is 2.80. The molecule has 1 aromatic heterocycles. The first-order valence-electron chi connectivity index (χ1n) is 8.21. The van der Waals surface area contributed by atoms with Crippen molar-refractivity contribution in [3.05, 3.63) is 65.5 Å². The average molecular weight is 360 g/mol. The van der Waals surface area contributed by atoms with E-state index in [9.17, 15) is 13.2 Å². The molecule has 1 heterocycles. The molecule has 1 atom stereocenters. The van der Waals surface area contributed by atoms with E-state index < -0.39 is 9.84 Å². The molecule has 0 saturated carbocycles. The molecule has 1 aromatic carbocycles. The maximum Gasteiger partial charge on any atom is 0.251 e. The number of hydrogen-bond donors (Lipinski definition) is 1. The van der Waals surface area contributed by atoms with Gasteiger partial charge in [0.05, 0.1) is 5.75 Å². The number of pyridine rings is 1. The number of carbonyl (C=O) groups is 1. The van der Waals surface area contributed by atoms with Gasteiger partial charge >= 0.3 is 0 Å². The summed E-state index contributed by atoms with van der Waals surface area (Å²) < 4.78 is 22.6. The highest BCUT2D eigenvalue weighted by Gasteiger charge is 2.17. The molecule has 0 saturated heterocycles. The number of hydrogen-bond acceptors (Lipinski definition) is 4. The smallest absolute Gasteiger partial charge is 0.251 e. The van der Waals surface area contributed by atoms with Gasteiger partial charge in [0.1, 0.15) is 0 Å². The molecule has 5 nitrogen and oxygen atoms in total. The van der Waals surface area contributed by atoms with Crippen LogP contribution in [0, 0.1) is 5.92 Å². The van der Waals surface area contributed by atoms with Crippen molar-refractivity contribution in [3.8, 4) is 0 Å². The van der Waals surface area contributed by atoms with Crippen LogP contribution in [-0.2, 0) is 15.6 Å². The van der Waals surface area contributed by atoms with E-state index in [4.69, 9.17) is 0 Å². The zero-order valence-corrected chi connectivity index (χ0v) is 15.6. The van der Waals surface area contributed by atoms with Gasteiger partial charge in [0, 0.05) is 36.7 Å².